The Hall–Kier alpha value is -2.44. The molecule has 0 saturated carbocycles. The van der Waals surface area contributed by atoms with E-state index < -0.39 is 12.0 Å². The number of carbonyl (C=O) groups excluding carboxylic acids is 1. The van der Waals surface area contributed by atoms with Gasteiger partial charge in [0.2, 0.25) is 0 Å². The first-order chi connectivity index (χ1) is 9.56. The van der Waals surface area contributed by atoms with Crippen LogP contribution in [0.25, 0.3) is 0 Å². The third-order valence-electron chi connectivity index (χ3n) is 2.49. The molecule has 0 radical (unpaired) electrons. The Bertz CT molecular complexity index is 476. The van der Waals surface area contributed by atoms with Crippen molar-refractivity contribution in [1.29, 1.82) is 0 Å². The van der Waals surface area contributed by atoms with Crippen LogP contribution in [0.15, 0.2) is 18.2 Å². The molecule has 7 heteroatoms. The summed E-state index contributed by atoms with van der Waals surface area (Å²) in [7, 11) is 3.04. The number of urea groups is 1. The van der Waals surface area contributed by atoms with Crippen LogP contribution in [0, 0.1) is 0 Å². The van der Waals surface area contributed by atoms with Gasteiger partial charge in [0.15, 0.2) is 11.5 Å². The van der Waals surface area contributed by atoms with E-state index >= 15 is 0 Å². The van der Waals surface area contributed by atoms with Crippen molar-refractivity contribution >= 4 is 17.7 Å². The summed E-state index contributed by atoms with van der Waals surface area (Å²) in [5, 5.41) is 13.7. The van der Waals surface area contributed by atoms with Crippen molar-refractivity contribution < 1.29 is 24.2 Å². The Kier molecular flexibility index (Phi) is 6.15. The molecular formula is C13H18N2O5. The molecule has 0 bridgehead atoms. The number of benzene rings is 1. The molecule has 3 N–H and O–H groups in total. The minimum absolute atomic E-state index is 0.0244. The maximum absolute atomic E-state index is 11.6. The van der Waals surface area contributed by atoms with Gasteiger partial charge in [-0.3, -0.25) is 4.79 Å². The zero-order valence-electron chi connectivity index (χ0n) is 11.4. The Labute approximate surface area is 116 Å². The third kappa shape index (κ3) is 5.05. The molecule has 0 aliphatic rings. The van der Waals surface area contributed by atoms with Crippen molar-refractivity contribution in [2.75, 3.05) is 26.1 Å². The molecule has 0 unspecified atom stereocenters. The maximum atomic E-state index is 11.6. The zero-order valence-corrected chi connectivity index (χ0v) is 11.4. The van der Waals surface area contributed by atoms with Crippen LogP contribution in [0.5, 0.6) is 11.5 Å². The summed E-state index contributed by atoms with van der Waals surface area (Å²) >= 11 is 0. The second kappa shape index (κ2) is 7.88. The fraction of sp³-hybridized carbons (Fsp3) is 0.385. The Morgan fingerprint density at radius 1 is 1.20 bits per heavy atom. The van der Waals surface area contributed by atoms with E-state index in [0.717, 1.165) is 0 Å². The fourth-order valence-corrected chi connectivity index (χ4v) is 1.53. The van der Waals surface area contributed by atoms with Crippen LogP contribution in [0.3, 0.4) is 0 Å². The number of amides is 2. The number of carbonyl (C=O) groups is 2. The predicted molar refractivity (Wildman–Crippen MR) is 73.4 cm³/mol. The van der Waals surface area contributed by atoms with Gasteiger partial charge in [-0.25, -0.2) is 4.79 Å². The second-order valence-electron chi connectivity index (χ2n) is 3.95. The number of carboxylic acids is 1. The molecule has 0 saturated heterocycles. The molecular weight excluding hydrogens is 264 g/mol. The first kappa shape index (κ1) is 15.6. The molecule has 1 aromatic carbocycles. The lowest BCUT2D eigenvalue weighted by Crippen LogP contribution is -2.29. The molecule has 110 valence electrons. The van der Waals surface area contributed by atoms with E-state index in [0.29, 0.717) is 30.2 Å². The standard InChI is InChI=1S/C13H18N2O5/c1-19-10-6-5-9(8-11(10)20-2)15-13(18)14-7-3-4-12(16)17/h5-6,8H,3-4,7H2,1-2H3,(H,16,17)(H2,14,15,18). The average molecular weight is 282 g/mol. The SMILES string of the molecule is COc1ccc(NC(=O)NCCCC(=O)O)cc1OC. The van der Waals surface area contributed by atoms with Gasteiger partial charge in [0.1, 0.15) is 0 Å². The minimum Gasteiger partial charge on any atom is -0.493 e. The van der Waals surface area contributed by atoms with Crippen LogP contribution in [-0.4, -0.2) is 37.9 Å². The smallest absolute Gasteiger partial charge is 0.319 e. The van der Waals surface area contributed by atoms with Crippen molar-refractivity contribution in [2.24, 2.45) is 0 Å². The van der Waals surface area contributed by atoms with E-state index in [1.165, 1.54) is 14.2 Å². The van der Waals surface area contributed by atoms with Crippen molar-refractivity contribution in [3.8, 4) is 11.5 Å². The average Bonchev–Trinajstić information content (AvgIpc) is 2.43. The highest BCUT2D eigenvalue weighted by Crippen LogP contribution is 2.29. The Morgan fingerprint density at radius 3 is 2.50 bits per heavy atom. The third-order valence-corrected chi connectivity index (χ3v) is 2.49. The van der Waals surface area contributed by atoms with Gasteiger partial charge in [-0.15, -0.1) is 0 Å². The monoisotopic (exact) mass is 282 g/mol. The normalized spacial score (nSPS) is 9.70. The topological polar surface area (TPSA) is 96.9 Å². The van der Waals surface area contributed by atoms with Crippen LogP contribution >= 0.6 is 0 Å². The van der Waals surface area contributed by atoms with Crippen LogP contribution < -0.4 is 20.1 Å². The summed E-state index contributed by atoms with van der Waals surface area (Å²) < 4.78 is 10.2. The van der Waals surface area contributed by atoms with Crippen molar-refractivity contribution in [3.05, 3.63) is 18.2 Å². The number of aliphatic carboxylic acids is 1. The summed E-state index contributed by atoms with van der Waals surface area (Å²) in [5.41, 5.74) is 0.554. The molecule has 0 atom stereocenters. The fourth-order valence-electron chi connectivity index (χ4n) is 1.53. The van der Waals surface area contributed by atoms with Gasteiger partial charge >= 0.3 is 12.0 Å². The second-order valence-corrected chi connectivity index (χ2v) is 3.95. The Balaban J connectivity index is 2.47. The molecule has 0 fully saturated rings. The van der Waals surface area contributed by atoms with E-state index in [9.17, 15) is 9.59 Å². The first-order valence-corrected chi connectivity index (χ1v) is 6.05. The highest BCUT2D eigenvalue weighted by Gasteiger charge is 2.07. The van der Waals surface area contributed by atoms with Crippen molar-refractivity contribution in [3.63, 3.8) is 0 Å². The number of rotatable bonds is 7. The van der Waals surface area contributed by atoms with Crippen molar-refractivity contribution in [2.45, 2.75) is 12.8 Å². The van der Waals surface area contributed by atoms with Crippen LogP contribution in [-0.2, 0) is 4.79 Å². The van der Waals surface area contributed by atoms with Gasteiger partial charge in [-0.1, -0.05) is 0 Å². The molecule has 20 heavy (non-hydrogen) atoms. The van der Waals surface area contributed by atoms with Crippen LogP contribution in [0.4, 0.5) is 10.5 Å². The molecule has 0 heterocycles. The molecule has 1 aromatic rings. The molecule has 0 spiro atoms. The quantitative estimate of drug-likeness (QED) is 0.661. The summed E-state index contributed by atoms with van der Waals surface area (Å²) in [6.07, 6.45) is 0.408. The highest BCUT2D eigenvalue weighted by atomic mass is 16.5. The molecule has 2 amide bonds. The number of methoxy groups -OCH3 is 2. The molecule has 7 nitrogen and oxygen atoms in total. The lowest BCUT2D eigenvalue weighted by atomic mass is 10.2. The van der Waals surface area contributed by atoms with Crippen LogP contribution in [0.2, 0.25) is 0 Å². The van der Waals surface area contributed by atoms with Gasteiger partial charge in [-0.05, 0) is 18.6 Å². The summed E-state index contributed by atoms with van der Waals surface area (Å²) in [6, 6.07) is 4.59. The zero-order chi connectivity index (χ0) is 15.0. The number of anilines is 1. The number of hydrogen-bond donors (Lipinski definition) is 3. The predicted octanol–water partition coefficient (Wildman–Crippen LogP) is 1.69. The van der Waals surface area contributed by atoms with Crippen molar-refractivity contribution in [1.82, 2.24) is 5.32 Å². The maximum Gasteiger partial charge on any atom is 0.319 e. The van der Waals surface area contributed by atoms with E-state index in [1.807, 2.05) is 0 Å². The number of ether oxygens (including phenoxy) is 2. The molecule has 0 aliphatic heterocycles. The lowest BCUT2D eigenvalue weighted by molar-refractivity contribution is -0.137. The number of carboxylic acid groups (broad SMARTS) is 1. The van der Waals surface area contributed by atoms with E-state index in [1.54, 1.807) is 18.2 Å². The minimum atomic E-state index is -0.882. The summed E-state index contributed by atoms with van der Waals surface area (Å²) in [4.78, 5) is 21.9. The van der Waals surface area contributed by atoms with Gasteiger partial charge < -0.3 is 25.2 Å². The summed E-state index contributed by atoms with van der Waals surface area (Å²) in [6.45, 7) is 0.297. The molecule has 0 aromatic heterocycles. The first-order valence-electron chi connectivity index (χ1n) is 6.05. The van der Waals surface area contributed by atoms with Gasteiger partial charge in [0.25, 0.3) is 0 Å². The summed E-state index contributed by atoms with van der Waals surface area (Å²) in [5.74, 6) is 0.197. The van der Waals surface area contributed by atoms with Crippen LogP contribution in [0.1, 0.15) is 12.8 Å². The largest absolute Gasteiger partial charge is 0.493 e. The molecule has 0 aliphatic carbocycles. The van der Waals surface area contributed by atoms with E-state index in [-0.39, 0.29) is 6.42 Å². The van der Waals surface area contributed by atoms with Gasteiger partial charge in [0.05, 0.1) is 14.2 Å². The lowest BCUT2D eigenvalue weighted by Gasteiger charge is -2.11. The highest BCUT2D eigenvalue weighted by molar-refractivity contribution is 5.89. The van der Waals surface area contributed by atoms with E-state index in [4.69, 9.17) is 14.6 Å². The van der Waals surface area contributed by atoms with E-state index in [2.05, 4.69) is 10.6 Å². The van der Waals surface area contributed by atoms with Gasteiger partial charge in [-0.2, -0.15) is 0 Å². The number of hydrogen-bond acceptors (Lipinski definition) is 4. The number of nitrogens with one attached hydrogen (secondary N) is 2. The molecule has 1 rings (SSSR count). The Morgan fingerprint density at radius 2 is 1.90 bits per heavy atom. The van der Waals surface area contributed by atoms with Gasteiger partial charge in [0, 0.05) is 24.7 Å².